The molecule has 3 rings (SSSR count). The van der Waals surface area contributed by atoms with Gasteiger partial charge in [-0.25, -0.2) is 9.97 Å². The van der Waals surface area contributed by atoms with E-state index in [1.165, 1.54) is 5.56 Å². The van der Waals surface area contributed by atoms with E-state index in [2.05, 4.69) is 45.7 Å². The van der Waals surface area contributed by atoms with Gasteiger partial charge in [-0.2, -0.15) is 0 Å². The van der Waals surface area contributed by atoms with Gasteiger partial charge in [0, 0.05) is 45.1 Å². The first-order valence-electron chi connectivity index (χ1n) is 8.65. The highest BCUT2D eigenvalue weighted by Gasteiger charge is 2.21. The molecule has 0 saturated carbocycles. The van der Waals surface area contributed by atoms with E-state index < -0.39 is 6.10 Å². The summed E-state index contributed by atoms with van der Waals surface area (Å²) in [6.07, 6.45) is 3.11. The van der Waals surface area contributed by atoms with Crippen LogP contribution in [0.3, 0.4) is 0 Å². The van der Waals surface area contributed by atoms with E-state index >= 15 is 0 Å². The van der Waals surface area contributed by atoms with E-state index in [0.29, 0.717) is 12.5 Å². The monoisotopic (exact) mass is 326 g/mol. The van der Waals surface area contributed by atoms with Crippen LogP contribution in [0.1, 0.15) is 37.0 Å². The number of piperazine rings is 1. The van der Waals surface area contributed by atoms with Crippen molar-refractivity contribution < 1.29 is 5.11 Å². The van der Waals surface area contributed by atoms with Crippen LogP contribution in [0.5, 0.6) is 0 Å². The zero-order chi connectivity index (χ0) is 16.9. The molecule has 1 aromatic carbocycles. The number of rotatable bonds is 5. The number of benzene rings is 1. The molecule has 1 saturated heterocycles. The summed E-state index contributed by atoms with van der Waals surface area (Å²) in [5, 5.41) is 10.5. The van der Waals surface area contributed by atoms with Crippen molar-refractivity contribution in [2.24, 2.45) is 0 Å². The number of aliphatic hydroxyl groups is 1. The third-order valence-corrected chi connectivity index (χ3v) is 4.63. The normalized spacial score (nSPS) is 17.2. The first kappa shape index (κ1) is 16.9. The Balaban J connectivity index is 1.52. The average Bonchev–Trinajstić information content (AvgIpc) is 2.63. The second-order valence-corrected chi connectivity index (χ2v) is 6.67. The quantitative estimate of drug-likeness (QED) is 0.915. The van der Waals surface area contributed by atoms with Gasteiger partial charge in [0.1, 0.15) is 0 Å². The zero-order valence-corrected chi connectivity index (χ0v) is 14.5. The number of hydrogen-bond acceptors (Lipinski definition) is 5. The van der Waals surface area contributed by atoms with Crippen LogP contribution in [0.15, 0.2) is 42.7 Å². The number of anilines is 1. The number of aliphatic hydroxyl groups excluding tert-OH is 1. The molecule has 0 amide bonds. The van der Waals surface area contributed by atoms with Crippen molar-refractivity contribution in [1.29, 1.82) is 0 Å². The van der Waals surface area contributed by atoms with Gasteiger partial charge in [0.05, 0.1) is 6.10 Å². The summed E-state index contributed by atoms with van der Waals surface area (Å²) in [5.74, 6) is 1.31. The Labute approximate surface area is 144 Å². The molecule has 2 aromatic rings. The lowest BCUT2D eigenvalue weighted by molar-refractivity contribution is 0.109. The maximum absolute atomic E-state index is 10.5. The van der Waals surface area contributed by atoms with Gasteiger partial charge in [-0.15, -0.1) is 0 Å². The topological polar surface area (TPSA) is 52.5 Å². The lowest BCUT2D eigenvalue weighted by Gasteiger charge is -2.35. The van der Waals surface area contributed by atoms with Crippen molar-refractivity contribution in [1.82, 2.24) is 14.9 Å². The van der Waals surface area contributed by atoms with Crippen LogP contribution in [0, 0.1) is 0 Å². The summed E-state index contributed by atoms with van der Waals surface area (Å²) < 4.78 is 0. The lowest BCUT2D eigenvalue weighted by Crippen LogP contribution is -2.48. The molecule has 0 bridgehead atoms. The van der Waals surface area contributed by atoms with Crippen LogP contribution in [-0.4, -0.2) is 52.7 Å². The minimum absolute atomic E-state index is 0.439. The molecule has 128 valence electrons. The van der Waals surface area contributed by atoms with E-state index in [-0.39, 0.29) is 0 Å². The minimum atomic E-state index is -0.439. The van der Waals surface area contributed by atoms with E-state index in [9.17, 15) is 5.11 Å². The van der Waals surface area contributed by atoms with Crippen molar-refractivity contribution in [2.45, 2.75) is 25.9 Å². The van der Waals surface area contributed by atoms with Crippen LogP contribution < -0.4 is 4.90 Å². The van der Waals surface area contributed by atoms with E-state index in [1.54, 1.807) is 12.4 Å². The molecule has 5 heteroatoms. The molecule has 0 unspecified atom stereocenters. The molecule has 1 fully saturated rings. The molecule has 0 radical (unpaired) electrons. The number of hydrogen-bond donors (Lipinski definition) is 1. The summed E-state index contributed by atoms with van der Waals surface area (Å²) >= 11 is 0. The number of nitrogens with zero attached hydrogens (tertiary/aromatic N) is 4. The fraction of sp³-hybridized carbons (Fsp3) is 0.474. The summed E-state index contributed by atoms with van der Waals surface area (Å²) in [6, 6.07) is 10.2. The van der Waals surface area contributed by atoms with E-state index in [1.807, 2.05) is 18.2 Å². The average molecular weight is 326 g/mol. The fourth-order valence-corrected chi connectivity index (χ4v) is 3.04. The van der Waals surface area contributed by atoms with Crippen LogP contribution >= 0.6 is 0 Å². The van der Waals surface area contributed by atoms with Crippen molar-refractivity contribution in [2.75, 3.05) is 37.6 Å². The Hall–Kier alpha value is -1.98. The zero-order valence-electron chi connectivity index (χ0n) is 14.5. The molecular formula is C19H26N4O. The third-order valence-electron chi connectivity index (χ3n) is 4.63. The molecule has 0 spiro atoms. The Morgan fingerprint density at radius 2 is 1.54 bits per heavy atom. The van der Waals surface area contributed by atoms with Crippen molar-refractivity contribution in [3.05, 3.63) is 53.9 Å². The molecule has 1 N–H and O–H groups in total. The second-order valence-electron chi connectivity index (χ2n) is 6.67. The van der Waals surface area contributed by atoms with Crippen LogP contribution in [0.2, 0.25) is 0 Å². The largest absolute Gasteiger partial charge is 0.387 e. The fourth-order valence-electron chi connectivity index (χ4n) is 3.04. The molecule has 24 heavy (non-hydrogen) atoms. The van der Waals surface area contributed by atoms with Crippen molar-refractivity contribution >= 4 is 5.95 Å². The van der Waals surface area contributed by atoms with Gasteiger partial charge in [0.2, 0.25) is 5.95 Å². The van der Waals surface area contributed by atoms with Crippen molar-refractivity contribution in [3.63, 3.8) is 0 Å². The summed E-state index contributed by atoms with van der Waals surface area (Å²) in [4.78, 5) is 13.1. The molecule has 0 aliphatic carbocycles. The van der Waals surface area contributed by atoms with E-state index in [4.69, 9.17) is 0 Å². The van der Waals surface area contributed by atoms with Gasteiger partial charge in [-0.1, -0.05) is 38.1 Å². The predicted octanol–water partition coefficient (Wildman–Crippen LogP) is 2.46. The Morgan fingerprint density at radius 3 is 2.12 bits per heavy atom. The van der Waals surface area contributed by atoms with Crippen LogP contribution in [-0.2, 0) is 0 Å². The van der Waals surface area contributed by atoms with E-state index in [0.717, 1.165) is 37.7 Å². The Kier molecular flexibility index (Phi) is 5.43. The highest BCUT2D eigenvalue weighted by molar-refractivity contribution is 5.29. The van der Waals surface area contributed by atoms with Crippen molar-refractivity contribution in [3.8, 4) is 0 Å². The summed E-state index contributed by atoms with van der Waals surface area (Å²) in [5.41, 5.74) is 2.30. The maximum atomic E-state index is 10.5. The highest BCUT2D eigenvalue weighted by Crippen LogP contribution is 2.20. The summed E-state index contributed by atoms with van der Waals surface area (Å²) in [7, 11) is 0. The molecule has 1 aliphatic rings. The Bertz CT molecular complexity index is 622. The van der Waals surface area contributed by atoms with Gasteiger partial charge in [-0.05, 0) is 23.1 Å². The second kappa shape index (κ2) is 7.73. The molecule has 5 nitrogen and oxygen atoms in total. The molecule has 2 heterocycles. The minimum Gasteiger partial charge on any atom is -0.387 e. The molecular weight excluding hydrogens is 300 g/mol. The van der Waals surface area contributed by atoms with Gasteiger partial charge < -0.3 is 10.0 Å². The predicted molar refractivity (Wildman–Crippen MR) is 96.2 cm³/mol. The van der Waals surface area contributed by atoms with Gasteiger partial charge in [0.15, 0.2) is 0 Å². The highest BCUT2D eigenvalue weighted by atomic mass is 16.3. The van der Waals surface area contributed by atoms with Crippen LogP contribution in [0.4, 0.5) is 5.95 Å². The number of aromatic nitrogens is 2. The smallest absolute Gasteiger partial charge is 0.225 e. The first-order valence-corrected chi connectivity index (χ1v) is 8.65. The van der Waals surface area contributed by atoms with Gasteiger partial charge in [0.25, 0.3) is 0 Å². The van der Waals surface area contributed by atoms with Crippen LogP contribution in [0.25, 0.3) is 0 Å². The maximum Gasteiger partial charge on any atom is 0.225 e. The number of β-amino-alcohol motifs (C(OH)–C–C–N with tert-alkyl or cyclic N) is 1. The third kappa shape index (κ3) is 4.10. The van der Waals surface area contributed by atoms with Gasteiger partial charge in [-0.3, -0.25) is 4.90 Å². The lowest BCUT2D eigenvalue weighted by atomic mass is 10.00. The Morgan fingerprint density at radius 1 is 0.958 bits per heavy atom. The molecule has 1 aliphatic heterocycles. The SMILES string of the molecule is CC(C)c1ccc([C@@H](O)CN2CCN(c3ncccn3)CC2)cc1. The first-order chi connectivity index (χ1) is 11.6. The standard InChI is InChI=1S/C19H26N4O/c1-15(2)16-4-6-17(7-5-16)18(24)14-22-10-12-23(13-11-22)19-20-8-3-9-21-19/h3-9,15,18,24H,10-14H2,1-2H3/t18-/m0/s1. The summed E-state index contributed by atoms with van der Waals surface area (Å²) in [6.45, 7) is 8.65. The molecule has 1 atom stereocenters. The molecule has 1 aromatic heterocycles. The van der Waals surface area contributed by atoms with Gasteiger partial charge >= 0.3 is 0 Å².